The van der Waals surface area contributed by atoms with Gasteiger partial charge in [0.2, 0.25) is 5.95 Å². The Bertz CT molecular complexity index is 532. The first kappa shape index (κ1) is 14.0. The van der Waals surface area contributed by atoms with Crippen molar-refractivity contribution in [1.29, 1.82) is 0 Å². The van der Waals surface area contributed by atoms with E-state index < -0.39 is 0 Å². The number of aromatic nitrogens is 3. The van der Waals surface area contributed by atoms with Crippen LogP contribution < -0.4 is 15.8 Å². The molecule has 0 radical (unpaired) electrons. The Morgan fingerprint density at radius 1 is 1.35 bits per heavy atom. The summed E-state index contributed by atoms with van der Waals surface area (Å²) in [5, 5.41) is 3.22. The van der Waals surface area contributed by atoms with Gasteiger partial charge < -0.3 is 15.8 Å². The van der Waals surface area contributed by atoms with Crippen molar-refractivity contribution in [3.8, 4) is 5.75 Å². The van der Waals surface area contributed by atoms with E-state index in [4.69, 9.17) is 10.5 Å². The molecular weight excluding hydrogens is 254 g/mol. The lowest BCUT2D eigenvalue weighted by molar-refractivity contribution is 0.305. The highest BCUT2D eigenvalue weighted by molar-refractivity contribution is 5.51. The highest BCUT2D eigenvalue weighted by Crippen LogP contribution is 2.22. The van der Waals surface area contributed by atoms with Crippen LogP contribution >= 0.6 is 0 Å². The monoisotopic (exact) mass is 273 g/mol. The molecule has 0 aliphatic carbocycles. The van der Waals surface area contributed by atoms with Crippen LogP contribution in [0, 0.1) is 0 Å². The highest BCUT2D eigenvalue weighted by Gasteiger charge is 2.07. The minimum atomic E-state index is 0.234. The molecule has 0 saturated heterocycles. The fourth-order valence-electron chi connectivity index (χ4n) is 1.64. The fraction of sp³-hybridized carbons (Fsp3) is 0.357. The normalized spacial score (nSPS) is 10.2. The van der Waals surface area contributed by atoms with Crippen molar-refractivity contribution in [2.45, 2.75) is 26.4 Å². The summed E-state index contributed by atoms with van der Waals surface area (Å²) in [6.07, 6.45) is 7.26. The number of nitrogens with two attached hydrogens (primary N) is 1. The van der Waals surface area contributed by atoms with Gasteiger partial charge in [-0.2, -0.15) is 4.98 Å². The summed E-state index contributed by atoms with van der Waals surface area (Å²) >= 11 is 0. The van der Waals surface area contributed by atoms with Gasteiger partial charge in [0.25, 0.3) is 0 Å². The molecular formula is C14H19N5O. The molecule has 2 aromatic heterocycles. The molecule has 2 rings (SSSR count). The van der Waals surface area contributed by atoms with Crippen molar-refractivity contribution < 1.29 is 4.74 Å². The van der Waals surface area contributed by atoms with Crippen LogP contribution in [0.5, 0.6) is 5.75 Å². The molecule has 0 aliphatic heterocycles. The third kappa shape index (κ3) is 4.08. The summed E-state index contributed by atoms with van der Waals surface area (Å²) in [6.45, 7) is 3.38. The van der Waals surface area contributed by atoms with E-state index in [1.807, 2.05) is 12.1 Å². The smallest absolute Gasteiger partial charge is 0.222 e. The predicted octanol–water partition coefficient (Wildman–Crippen LogP) is 2.24. The average molecular weight is 273 g/mol. The molecule has 0 spiro atoms. The van der Waals surface area contributed by atoms with Gasteiger partial charge >= 0.3 is 0 Å². The van der Waals surface area contributed by atoms with E-state index in [-0.39, 0.29) is 5.95 Å². The third-order valence-electron chi connectivity index (χ3n) is 2.71. The maximum absolute atomic E-state index is 5.73. The first-order valence-electron chi connectivity index (χ1n) is 6.67. The number of nitrogens with one attached hydrogen (secondary N) is 1. The summed E-state index contributed by atoms with van der Waals surface area (Å²) < 4.78 is 5.73. The van der Waals surface area contributed by atoms with E-state index >= 15 is 0 Å². The Kier molecular flexibility index (Phi) is 5.11. The Hall–Kier alpha value is -2.37. The fourth-order valence-corrected chi connectivity index (χ4v) is 1.64. The second-order valence-corrected chi connectivity index (χ2v) is 4.37. The minimum absolute atomic E-state index is 0.234. The lowest BCUT2D eigenvalue weighted by atomic mass is 10.3. The molecule has 0 amide bonds. The zero-order chi connectivity index (χ0) is 14.2. The molecule has 2 heterocycles. The number of rotatable bonds is 7. The summed E-state index contributed by atoms with van der Waals surface area (Å²) in [4.78, 5) is 12.2. The van der Waals surface area contributed by atoms with E-state index in [0.717, 1.165) is 24.9 Å². The van der Waals surface area contributed by atoms with Crippen molar-refractivity contribution in [1.82, 2.24) is 15.0 Å². The SMILES string of the molecule is CCCCNc1nc(N)ncc1OCc1cccnc1. The summed E-state index contributed by atoms with van der Waals surface area (Å²) in [6, 6.07) is 3.83. The number of nitrogens with zero attached hydrogens (tertiary/aromatic N) is 3. The Morgan fingerprint density at radius 3 is 3.00 bits per heavy atom. The van der Waals surface area contributed by atoms with E-state index in [2.05, 4.69) is 27.2 Å². The van der Waals surface area contributed by atoms with Gasteiger partial charge in [0, 0.05) is 24.5 Å². The van der Waals surface area contributed by atoms with Crippen molar-refractivity contribution in [3.63, 3.8) is 0 Å². The molecule has 0 atom stereocenters. The molecule has 0 aliphatic rings. The van der Waals surface area contributed by atoms with Gasteiger partial charge in [-0.1, -0.05) is 19.4 Å². The number of anilines is 2. The second-order valence-electron chi connectivity index (χ2n) is 4.37. The van der Waals surface area contributed by atoms with Crippen molar-refractivity contribution in [2.24, 2.45) is 0 Å². The summed E-state index contributed by atoms with van der Waals surface area (Å²) in [5.41, 5.74) is 6.60. The highest BCUT2D eigenvalue weighted by atomic mass is 16.5. The van der Waals surface area contributed by atoms with Crippen molar-refractivity contribution >= 4 is 11.8 Å². The summed E-state index contributed by atoms with van der Waals surface area (Å²) in [7, 11) is 0. The third-order valence-corrected chi connectivity index (χ3v) is 2.71. The predicted molar refractivity (Wildman–Crippen MR) is 78.4 cm³/mol. The second kappa shape index (κ2) is 7.28. The zero-order valence-electron chi connectivity index (χ0n) is 11.5. The summed E-state index contributed by atoms with van der Waals surface area (Å²) in [5.74, 6) is 1.46. The number of hydrogen-bond acceptors (Lipinski definition) is 6. The van der Waals surface area contributed by atoms with Crippen LogP contribution in [0.1, 0.15) is 25.3 Å². The maximum atomic E-state index is 5.73. The van der Waals surface area contributed by atoms with E-state index in [1.165, 1.54) is 0 Å². The molecule has 0 aromatic carbocycles. The molecule has 20 heavy (non-hydrogen) atoms. The molecule has 2 aromatic rings. The lowest BCUT2D eigenvalue weighted by Crippen LogP contribution is -2.08. The van der Waals surface area contributed by atoms with Gasteiger partial charge in [0.05, 0.1) is 6.20 Å². The Labute approximate surface area is 118 Å². The average Bonchev–Trinajstić information content (AvgIpc) is 2.48. The molecule has 0 saturated carbocycles. The number of pyridine rings is 1. The van der Waals surface area contributed by atoms with Crippen LogP contribution in [-0.4, -0.2) is 21.5 Å². The lowest BCUT2D eigenvalue weighted by Gasteiger charge is -2.12. The molecule has 0 unspecified atom stereocenters. The van der Waals surface area contributed by atoms with Crippen LogP contribution in [0.2, 0.25) is 0 Å². The molecule has 0 fully saturated rings. The first-order chi connectivity index (χ1) is 9.79. The van der Waals surface area contributed by atoms with E-state index in [1.54, 1.807) is 18.6 Å². The van der Waals surface area contributed by atoms with Gasteiger partial charge in [-0.15, -0.1) is 0 Å². The van der Waals surface area contributed by atoms with Crippen LogP contribution in [0.3, 0.4) is 0 Å². The molecule has 0 bridgehead atoms. The molecule has 106 valence electrons. The number of unbranched alkanes of at least 4 members (excludes halogenated alkanes) is 1. The maximum Gasteiger partial charge on any atom is 0.222 e. The number of ether oxygens (including phenoxy) is 1. The van der Waals surface area contributed by atoms with Crippen LogP contribution in [-0.2, 0) is 6.61 Å². The van der Waals surface area contributed by atoms with Gasteiger partial charge in [0.1, 0.15) is 6.61 Å². The first-order valence-corrected chi connectivity index (χ1v) is 6.67. The van der Waals surface area contributed by atoms with Gasteiger partial charge in [-0.05, 0) is 12.5 Å². The van der Waals surface area contributed by atoms with Gasteiger partial charge in [-0.3, -0.25) is 4.98 Å². The number of hydrogen-bond donors (Lipinski definition) is 2. The molecule has 6 nitrogen and oxygen atoms in total. The van der Waals surface area contributed by atoms with Gasteiger partial charge in [0.15, 0.2) is 11.6 Å². The minimum Gasteiger partial charge on any atom is -0.483 e. The molecule has 6 heteroatoms. The molecule has 3 N–H and O–H groups in total. The zero-order valence-corrected chi connectivity index (χ0v) is 11.5. The van der Waals surface area contributed by atoms with Crippen LogP contribution in [0.15, 0.2) is 30.7 Å². The van der Waals surface area contributed by atoms with Gasteiger partial charge in [-0.25, -0.2) is 4.98 Å². The number of nitrogen functional groups attached to an aromatic ring is 1. The van der Waals surface area contributed by atoms with Crippen molar-refractivity contribution in [2.75, 3.05) is 17.6 Å². The topological polar surface area (TPSA) is 86.0 Å². The van der Waals surface area contributed by atoms with Crippen molar-refractivity contribution in [3.05, 3.63) is 36.3 Å². The van der Waals surface area contributed by atoms with E-state index in [9.17, 15) is 0 Å². The standard InChI is InChI=1S/C14H19N5O/c1-2-3-7-17-13-12(9-18-14(15)19-13)20-10-11-5-4-6-16-8-11/h4-6,8-9H,2-3,7,10H2,1H3,(H3,15,17,18,19). The van der Waals surface area contributed by atoms with E-state index in [0.29, 0.717) is 18.2 Å². The van der Waals surface area contributed by atoms with Crippen LogP contribution in [0.4, 0.5) is 11.8 Å². The Morgan fingerprint density at radius 2 is 2.25 bits per heavy atom. The Balaban J connectivity index is 2.02. The van der Waals surface area contributed by atoms with Crippen LogP contribution in [0.25, 0.3) is 0 Å². The quantitative estimate of drug-likeness (QED) is 0.752. The largest absolute Gasteiger partial charge is 0.483 e.